The van der Waals surface area contributed by atoms with Crippen molar-refractivity contribution < 1.29 is 19.8 Å². The van der Waals surface area contributed by atoms with E-state index in [1.165, 1.54) is 0 Å². The fourth-order valence-electron chi connectivity index (χ4n) is 3.46. The van der Waals surface area contributed by atoms with Gasteiger partial charge < -0.3 is 15.1 Å². The first-order chi connectivity index (χ1) is 9.54. The van der Waals surface area contributed by atoms with Gasteiger partial charge in [0.15, 0.2) is 0 Å². The molecule has 5 heteroatoms. The van der Waals surface area contributed by atoms with Crippen LogP contribution in [0.1, 0.15) is 45.4 Å². The first-order valence-corrected chi connectivity index (χ1v) is 7.68. The van der Waals surface area contributed by atoms with Gasteiger partial charge in [-0.1, -0.05) is 6.92 Å². The first-order valence-electron chi connectivity index (χ1n) is 7.68. The van der Waals surface area contributed by atoms with Crippen molar-refractivity contribution in [3.05, 3.63) is 0 Å². The van der Waals surface area contributed by atoms with Crippen LogP contribution in [0.4, 0.5) is 0 Å². The van der Waals surface area contributed by atoms with Crippen LogP contribution in [0, 0.1) is 17.8 Å². The third-order valence-electron chi connectivity index (χ3n) is 4.79. The lowest BCUT2D eigenvalue weighted by Crippen LogP contribution is -2.48. The Labute approximate surface area is 120 Å². The van der Waals surface area contributed by atoms with E-state index in [1.54, 1.807) is 0 Å². The molecule has 5 nitrogen and oxygen atoms in total. The highest BCUT2D eigenvalue weighted by molar-refractivity contribution is 5.85. The minimum Gasteiger partial charge on any atom is -0.481 e. The molecule has 2 fully saturated rings. The van der Waals surface area contributed by atoms with E-state index in [0.717, 1.165) is 19.3 Å². The number of aliphatic hydroxyl groups is 1. The number of hydrogen-bond acceptors (Lipinski definition) is 3. The Morgan fingerprint density at radius 1 is 1.20 bits per heavy atom. The fraction of sp³-hybridized carbons (Fsp3) is 0.867. The largest absolute Gasteiger partial charge is 0.481 e. The number of carboxylic acid groups (broad SMARTS) is 1. The maximum atomic E-state index is 12.7. The summed E-state index contributed by atoms with van der Waals surface area (Å²) in [5, 5.41) is 18.3. The quantitative estimate of drug-likeness (QED) is 0.774. The van der Waals surface area contributed by atoms with Gasteiger partial charge in [0, 0.05) is 19.2 Å². The molecule has 2 saturated carbocycles. The number of aliphatic carboxylic acids is 1. The number of carboxylic acids is 1. The molecule has 0 heterocycles. The van der Waals surface area contributed by atoms with Gasteiger partial charge in [0.1, 0.15) is 0 Å². The number of nitrogens with zero attached hydrogens (tertiary/aromatic N) is 1. The van der Waals surface area contributed by atoms with Crippen LogP contribution in [-0.2, 0) is 9.59 Å². The van der Waals surface area contributed by atoms with E-state index >= 15 is 0 Å². The van der Waals surface area contributed by atoms with Crippen molar-refractivity contribution >= 4 is 11.9 Å². The topological polar surface area (TPSA) is 77.8 Å². The molecule has 2 rings (SSSR count). The maximum absolute atomic E-state index is 12.7. The Balaban J connectivity index is 2.07. The van der Waals surface area contributed by atoms with Crippen molar-refractivity contribution in [2.75, 3.05) is 13.2 Å². The summed E-state index contributed by atoms with van der Waals surface area (Å²) in [4.78, 5) is 25.9. The summed E-state index contributed by atoms with van der Waals surface area (Å²) in [6.07, 6.45) is 5.01. The van der Waals surface area contributed by atoms with E-state index in [0.29, 0.717) is 31.7 Å². The molecule has 0 aliphatic heterocycles. The van der Waals surface area contributed by atoms with Crippen molar-refractivity contribution in [3.8, 4) is 0 Å². The van der Waals surface area contributed by atoms with Crippen LogP contribution in [0.3, 0.4) is 0 Å². The molecule has 2 aliphatic carbocycles. The predicted molar refractivity (Wildman–Crippen MR) is 74.1 cm³/mol. The summed E-state index contributed by atoms with van der Waals surface area (Å²) in [6, 6.07) is 0.263. The molecule has 0 radical (unpaired) electrons. The molecule has 0 spiro atoms. The van der Waals surface area contributed by atoms with Gasteiger partial charge in [-0.3, -0.25) is 9.59 Å². The number of hydrogen-bond donors (Lipinski definition) is 2. The number of amides is 1. The second-order valence-corrected chi connectivity index (χ2v) is 6.32. The van der Waals surface area contributed by atoms with Gasteiger partial charge in [-0.2, -0.15) is 0 Å². The highest BCUT2D eigenvalue weighted by atomic mass is 16.4. The number of rotatable bonds is 6. The first kappa shape index (κ1) is 15.3. The van der Waals surface area contributed by atoms with Gasteiger partial charge in [0.05, 0.1) is 11.8 Å². The summed E-state index contributed by atoms with van der Waals surface area (Å²) in [5.41, 5.74) is 0. The second kappa shape index (κ2) is 6.57. The Morgan fingerprint density at radius 3 is 2.35 bits per heavy atom. The molecule has 2 N–H and O–H groups in total. The lowest BCUT2D eigenvalue weighted by atomic mass is 9.88. The molecule has 114 valence electrons. The van der Waals surface area contributed by atoms with Gasteiger partial charge >= 0.3 is 5.97 Å². The van der Waals surface area contributed by atoms with Gasteiger partial charge in [0.2, 0.25) is 5.91 Å². The Hall–Kier alpha value is -1.10. The summed E-state index contributed by atoms with van der Waals surface area (Å²) in [7, 11) is 0. The minimum atomic E-state index is -0.844. The standard InChI is InChI=1S/C15H25NO4/c1-10-8-12(13(9-10)15(19)20)14(18)16(6-3-7-17)11-4-2-5-11/h10-13,17H,2-9H2,1H3,(H,19,20). The summed E-state index contributed by atoms with van der Waals surface area (Å²) in [6.45, 7) is 2.64. The molecule has 20 heavy (non-hydrogen) atoms. The van der Waals surface area contributed by atoms with Crippen molar-refractivity contribution in [3.63, 3.8) is 0 Å². The van der Waals surface area contributed by atoms with Crippen molar-refractivity contribution in [1.82, 2.24) is 4.90 Å². The Bertz CT molecular complexity index is 367. The molecule has 3 unspecified atom stereocenters. The zero-order chi connectivity index (χ0) is 14.7. The van der Waals surface area contributed by atoms with Crippen molar-refractivity contribution in [2.45, 2.75) is 51.5 Å². The fourth-order valence-corrected chi connectivity index (χ4v) is 3.46. The smallest absolute Gasteiger partial charge is 0.307 e. The highest BCUT2D eigenvalue weighted by Crippen LogP contribution is 2.39. The lowest BCUT2D eigenvalue weighted by molar-refractivity contribution is -0.151. The number of carbonyl (C=O) groups is 2. The molecular weight excluding hydrogens is 258 g/mol. The third kappa shape index (κ3) is 3.14. The van der Waals surface area contributed by atoms with Gasteiger partial charge in [0.25, 0.3) is 0 Å². The van der Waals surface area contributed by atoms with E-state index in [-0.39, 0.29) is 24.5 Å². The minimum absolute atomic E-state index is 0.0000926. The van der Waals surface area contributed by atoms with Crippen LogP contribution in [-0.4, -0.2) is 46.2 Å². The molecule has 0 aromatic heterocycles. The number of carbonyl (C=O) groups excluding carboxylic acids is 1. The second-order valence-electron chi connectivity index (χ2n) is 6.32. The zero-order valence-electron chi connectivity index (χ0n) is 12.1. The van der Waals surface area contributed by atoms with E-state index in [9.17, 15) is 14.7 Å². The van der Waals surface area contributed by atoms with E-state index in [2.05, 4.69) is 0 Å². The summed E-state index contributed by atoms with van der Waals surface area (Å²) >= 11 is 0. The van der Waals surface area contributed by atoms with E-state index < -0.39 is 11.9 Å². The average molecular weight is 283 g/mol. The van der Waals surface area contributed by atoms with Crippen molar-refractivity contribution in [2.24, 2.45) is 17.8 Å². The van der Waals surface area contributed by atoms with Gasteiger partial charge in [-0.05, 0) is 44.4 Å². The maximum Gasteiger partial charge on any atom is 0.307 e. The van der Waals surface area contributed by atoms with Crippen LogP contribution in [0.15, 0.2) is 0 Å². The van der Waals surface area contributed by atoms with Crippen LogP contribution < -0.4 is 0 Å². The Kier molecular flexibility index (Phi) is 5.02. The number of aliphatic hydroxyl groups excluding tert-OH is 1. The summed E-state index contributed by atoms with van der Waals surface area (Å²) in [5.74, 6) is -1.45. The van der Waals surface area contributed by atoms with Crippen LogP contribution in [0.5, 0.6) is 0 Å². The monoisotopic (exact) mass is 283 g/mol. The van der Waals surface area contributed by atoms with Gasteiger partial charge in [-0.25, -0.2) is 0 Å². The molecule has 2 aliphatic rings. The molecule has 0 saturated heterocycles. The molecular formula is C15H25NO4. The van der Waals surface area contributed by atoms with Crippen LogP contribution >= 0.6 is 0 Å². The predicted octanol–water partition coefficient (Wildman–Crippen LogP) is 1.50. The molecule has 0 bridgehead atoms. The zero-order valence-corrected chi connectivity index (χ0v) is 12.1. The molecule has 0 aromatic carbocycles. The lowest BCUT2D eigenvalue weighted by Gasteiger charge is -2.39. The van der Waals surface area contributed by atoms with E-state index in [4.69, 9.17) is 5.11 Å². The van der Waals surface area contributed by atoms with E-state index in [1.807, 2.05) is 11.8 Å². The highest BCUT2D eigenvalue weighted by Gasteiger charge is 2.44. The SMILES string of the molecule is CC1CC(C(=O)O)C(C(=O)N(CCCO)C2CCC2)C1. The van der Waals surface area contributed by atoms with Crippen LogP contribution in [0.2, 0.25) is 0 Å². The van der Waals surface area contributed by atoms with Gasteiger partial charge in [-0.15, -0.1) is 0 Å². The molecule has 3 atom stereocenters. The third-order valence-corrected chi connectivity index (χ3v) is 4.79. The average Bonchev–Trinajstić information content (AvgIpc) is 2.73. The molecule has 0 aromatic rings. The van der Waals surface area contributed by atoms with Crippen LogP contribution in [0.25, 0.3) is 0 Å². The summed E-state index contributed by atoms with van der Waals surface area (Å²) < 4.78 is 0. The molecule has 1 amide bonds. The Morgan fingerprint density at radius 2 is 1.85 bits per heavy atom. The normalized spacial score (nSPS) is 30.0. The van der Waals surface area contributed by atoms with Crippen molar-refractivity contribution in [1.29, 1.82) is 0 Å².